The zero-order valence-electron chi connectivity index (χ0n) is 10.8. The first kappa shape index (κ1) is 13.3. The molecule has 0 unspecified atom stereocenters. The second kappa shape index (κ2) is 4.85. The van der Waals surface area contributed by atoms with Gasteiger partial charge in [0.2, 0.25) is 15.9 Å². The van der Waals surface area contributed by atoms with Crippen molar-refractivity contribution < 1.29 is 12.8 Å². The van der Waals surface area contributed by atoms with E-state index in [2.05, 4.69) is 10.2 Å². The highest BCUT2D eigenvalue weighted by Gasteiger charge is 2.26. The molecule has 8 heteroatoms. The number of anilines is 1. The van der Waals surface area contributed by atoms with Crippen molar-refractivity contribution >= 4 is 16.0 Å². The SMILES string of the molecule is CC(C)c1nnc(N2CCN(S(C)(=O)=O)CC2)o1. The van der Waals surface area contributed by atoms with E-state index in [1.807, 2.05) is 18.7 Å². The Bertz CT molecular complexity index is 503. The van der Waals surface area contributed by atoms with E-state index in [9.17, 15) is 8.42 Å². The lowest BCUT2D eigenvalue weighted by molar-refractivity contribution is 0.369. The van der Waals surface area contributed by atoms with Gasteiger partial charge in [0.05, 0.1) is 6.26 Å². The lowest BCUT2D eigenvalue weighted by Gasteiger charge is -2.31. The first-order valence-electron chi connectivity index (χ1n) is 5.91. The van der Waals surface area contributed by atoms with Crippen molar-refractivity contribution in [3.8, 4) is 0 Å². The van der Waals surface area contributed by atoms with Gasteiger partial charge in [0.15, 0.2) is 0 Å². The zero-order chi connectivity index (χ0) is 13.3. The summed E-state index contributed by atoms with van der Waals surface area (Å²) in [5.41, 5.74) is 0. The smallest absolute Gasteiger partial charge is 0.318 e. The molecule has 1 aromatic heterocycles. The quantitative estimate of drug-likeness (QED) is 0.787. The van der Waals surface area contributed by atoms with Crippen LogP contribution in [0.2, 0.25) is 0 Å². The van der Waals surface area contributed by atoms with E-state index in [0.717, 1.165) is 0 Å². The van der Waals surface area contributed by atoms with Crippen LogP contribution < -0.4 is 4.90 Å². The van der Waals surface area contributed by atoms with Crippen LogP contribution in [0.5, 0.6) is 0 Å². The van der Waals surface area contributed by atoms with Crippen LogP contribution >= 0.6 is 0 Å². The van der Waals surface area contributed by atoms with Crippen LogP contribution in [0.3, 0.4) is 0 Å². The van der Waals surface area contributed by atoms with Crippen LogP contribution in [0.25, 0.3) is 0 Å². The standard InChI is InChI=1S/C10H18N4O3S/c1-8(2)9-11-12-10(17-9)13-4-6-14(7-5-13)18(3,15)16/h8H,4-7H2,1-3H3. The molecule has 1 aromatic rings. The molecule has 0 bridgehead atoms. The molecule has 1 aliphatic rings. The molecule has 0 N–H and O–H groups in total. The molecule has 0 atom stereocenters. The summed E-state index contributed by atoms with van der Waals surface area (Å²) >= 11 is 0. The maximum Gasteiger partial charge on any atom is 0.318 e. The minimum absolute atomic E-state index is 0.198. The molecule has 2 heterocycles. The van der Waals surface area contributed by atoms with Gasteiger partial charge in [-0.25, -0.2) is 8.42 Å². The average Bonchev–Trinajstić information content (AvgIpc) is 2.77. The van der Waals surface area contributed by atoms with Gasteiger partial charge in [-0.3, -0.25) is 0 Å². The van der Waals surface area contributed by atoms with Crippen molar-refractivity contribution in [2.75, 3.05) is 37.3 Å². The van der Waals surface area contributed by atoms with Crippen LogP contribution in [0.15, 0.2) is 4.42 Å². The van der Waals surface area contributed by atoms with Crippen molar-refractivity contribution in [3.05, 3.63) is 5.89 Å². The highest BCUT2D eigenvalue weighted by atomic mass is 32.2. The average molecular weight is 274 g/mol. The Morgan fingerprint density at radius 2 is 1.78 bits per heavy atom. The fourth-order valence-electron chi connectivity index (χ4n) is 1.80. The molecule has 1 aliphatic heterocycles. The molecule has 0 radical (unpaired) electrons. The maximum atomic E-state index is 11.4. The third kappa shape index (κ3) is 2.81. The monoisotopic (exact) mass is 274 g/mol. The molecule has 0 amide bonds. The van der Waals surface area contributed by atoms with E-state index in [4.69, 9.17) is 4.42 Å². The van der Waals surface area contributed by atoms with Gasteiger partial charge in [0.1, 0.15) is 0 Å². The van der Waals surface area contributed by atoms with E-state index in [1.54, 1.807) is 0 Å². The second-order valence-electron chi connectivity index (χ2n) is 4.73. The maximum absolute atomic E-state index is 11.4. The van der Waals surface area contributed by atoms with Crippen molar-refractivity contribution in [1.29, 1.82) is 0 Å². The first-order valence-corrected chi connectivity index (χ1v) is 7.76. The summed E-state index contributed by atoms with van der Waals surface area (Å²) in [6.07, 6.45) is 1.23. The van der Waals surface area contributed by atoms with Gasteiger partial charge in [0.25, 0.3) is 0 Å². The van der Waals surface area contributed by atoms with Gasteiger partial charge in [0, 0.05) is 32.1 Å². The fourth-order valence-corrected chi connectivity index (χ4v) is 2.63. The number of piperazine rings is 1. The summed E-state index contributed by atoms with van der Waals surface area (Å²) in [6, 6.07) is 0.479. The molecule has 0 aliphatic carbocycles. The first-order chi connectivity index (χ1) is 8.38. The van der Waals surface area contributed by atoms with Gasteiger partial charge in [-0.05, 0) is 0 Å². The highest BCUT2D eigenvalue weighted by Crippen LogP contribution is 2.19. The Hall–Kier alpha value is -1.15. The predicted octanol–water partition coefficient (Wildman–Crippen LogP) is 0.275. The Morgan fingerprint density at radius 3 is 2.22 bits per heavy atom. The van der Waals surface area contributed by atoms with Gasteiger partial charge in [-0.2, -0.15) is 4.31 Å². The van der Waals surface area contributed by atoms with E-state index in [-0.39, 0.29) is 5.92 Å². The lowest BCUT2D eigenvalue weighted by Crippen LogP contribution is -2.48. The number of sulfonamides is 1. The number of nitrogens with zero attached hydrogens (tertiary/aromatic N) is 4. The summed E-state index contributed by atoms with van der Waals surface area (Å²) in [6.45, 7) is 6.04. The van der Waals surface area contributed by atoms with E-state index >= 15 is 0 Å². The van der Waals surface area contributed by atoms with Crippen LogP contribution in [0.4, 0.5) is 6.01 Å². The third-order valence-electron chi connectivity index (χ3n) is 2.90. The molecule has 102 valence electrons. The topological polar surface area (TPSA) is 79.5 Å². The Morgan fingerprint density at radius 1 is 1.17 bits per heavy atom. The van der Waals surface area contributed by atoms with E-state index < -0.39 is 10.0 Å². The van der Waals surface area contributed by atoms with E-state index in [1.165, 1.54) is 10.6 Å². The normalized spacial score (nSPS) is 18.6. The van der Waals surface area contributed by atoms with Gasteiger partial charge >= 0.3 is 6.01 Å². The minimum Gasteiger partial charge on any atom is -0.408 e. The molecular weight excluding hydrogens is 256 g/mol. The summed E-state index contributed by atoms with van der Waals surface area (Å²) in [7, 11) is -3.10. The summed E-state index contributed by atoms with van der Waals surface area (Å²) in [5.74, 6) is 0.805. The van der Waals surface area contributed by atoms with Gasteiger partial charge in [-0.15, -0.1) is 5.10 Å². The van der Waals surface area contributed by atoms with Crippen molar-refractivity contribution in [2.45, 2.75) is 19.8 Å². The van der Waals surface area contributed by atoms with E-state index in [0.29, 0.717) is 38.1 Å². The van der Waals surface area contributed by atoms with Crippen molar-refractivity contribution in [3.63, 3.8) is 0 Å². The Balaban J connectivity index is 2.01. The van der Waals surface area contributed by atoms with Crippen LogP contribution in [0.1, 0.15) is 25.7 Å². The molecule has 1 fully saturated rings. The number of hydrogen-bond acceptors (Lipinski definition) is 6. The second-order valence-corrected chi connectivity index (χ2v) is 6.71. The van der Waals surface area contributed by atoms with Gasteiger partial charge < -0.3 is 9.32 Å². The van der Waals surface area contributed by atoms with Gasteiger partial charge in [-0.1, -0.05) is 18.9 Å². The fraction of sp³-hybridized carbons (Fsp3) is 0.800. The van der Waals surface area contributed by atoms with Crippen LogP contribution in [0, 0.1) is 0 Å². The minimum atomic E-state index is -3.10. The third-order valence-corrected chi connectivity index (χ3v) is 4.21. The molecule has 18 heavy (non-hydrogen) atoms. The summed E-state index contributed by atoms with van der Waals surface area (Å²) in [4.78, 5) is 1.92. The Labute approximate surface area is 107 Å². The number of aromatic nitrogens is 2. The summed E-state index contributed by atoms with van der Waals surface area (Å²) < 4.78 is 29.8. The number of rotatable bonds is 3. The highest BCUT2D eigenvalue weighted by molar-refractivity contribution is 7.88. The molecule has 0 saturated carbocycles. The molecule has 0 aromatic carbocycles. The van der Waals surface area contributed by atoms with Crippen molar-refractivity contribution in [1.82, 2.24) is 14.5 Å². The molecule has 7 nitrogen and oxygen atoms in total. The summed E-state index contributed by atoms with van der Waals surface area (Å²) in [5, 5.41) is 7.96. The lowest BCUT2D eigenvalue weighted by atomic mass is 10.2. The van der Waals surface area contributed by atoms with Crippen LogP contribution in [-0.2, 0) is 10.0 Å². The zero-order valence-corrected chi connectivity index (χ0v) is 11.6. The molecular formula is C10H18N4O3S. The molecule has 1 saturated heterocycles. The number of hydrogen-bond donors (Lipinski definition) is 0. The van der Waals surface area contributed by atoms with Crippen molar-refractivity contribution in [2.24, 2.45) is 0 Å². The molecule has 2 rings (SSSR count). The largest absolute Gasteiger partial charge is 0.408 e. The van der Waals surface area contributed by atoms with Crippen LogP contribution in [-0.4, -0.2) is 55.4 Å². The Kier molecular flexibility index (Phi) is 3.58. The molecule has 0 spiro atoms. The predicted molar refractivity (Wildman–Crippen MR) is 67.0 cm³/mol.